The van der Waals surface area contributed by atoms with Crippen molar-refractivity contribution in [2.24, 2.45) is 10.8 Å². The molecule has 0 amide bonds. The standard InChI is InChI=1S/C9H7BrF3N3OS/c10-6-1-5(4-15-16-8(14)18)2-7(3-6)17-9(11,12)13/h1-4H,(H3,14,16,18). The molecule has 1 aromatic carbocycles. The van der Waals surface area contributed by atoms with Gasteiger partial charge in [-0.25, -0.2) is 0 Å². The molecule has 0 aliphatic rings. The van der Waals surface area contributed by atoms with Gasteiger partial charge < -0.3 is 10.5 Å². The van der Waals surface area contributed by atoms with Crippen molar-refractivity contribution in [2.75, 3.05) is 0 Å². The summed E-state index contributed by atoms with van der Waals surface area (Å²) in [5, 5.41) is 3.57. The summed E-state index contributed by atoms with van der Waals surface area (Å²) in [5.41, 5.74) is 7.79. The van der Waals surface area contributed by atoms with Crippen molar-refractivity contribution in [3.63, 3.8) is 0 Å². The molecule has 9 heteroatoms. The third-order valence-corrected chi connectivity index (χ3v) is 2.06. The molecule has 3 N–H and O–H groups in total. The number of nitrogens with two attached hydrogens (primary N) is 1. The van der Waals surface area contributed by atoms with Gasteiger partial charge in [0.05, 0.1) is 6.21 Å². The number of hydrogen-bond acceptors (Lipinski definition) is 3. The van der Waals surface area contributed by atoms with Crippen molar-refractivity contribution in [3.05, 3.63) is 28.2 Å². The number of thiocarbonyl (C=S) groups is 1. The number of halogens is 4. The zero-order valence-corrected chi connectivity index (χ0v) is 11.1. The van der Waals surface area contributed by atoms with Gasteiger partial charge in [0.15, 0.2) is 5.11 Å². The van der Waals surface area contributed by atoms with E-state index < -0.39 is 6.36 Å². The SMILES string of the molecule is NC(=S)NN=Cc1cc(Br)cc(OC(F)(F)F)c1. The predicted octanol–water partition coefficient (Wildman–Crippen LogP) is 2.51. The van der Waals surface area contributed by atoms with Gasteiger partial charge in [-0.1, -0.05) is 15.9 Å². The van der Waals surface area contributed by atoms with Crippen LogP contribution in [0.1, 0.15) is 5.56 Å². The number of ether oxygens (including phenoxy) is 1. The minimum absolute atomic E-state index is 0.0481. The summed E-state index contributed by atoms with van der Waals surface area (Å²) in [6.45, 7) is 0. The number of benzene rings is 1. The summed E-state index contributed by atoms with van der Waals surface area (Å²) in [6.07, 6.45) is -3.49. The normalized spacial score (nSPS) is 11.6. The van der Waals surface area contributed by atoms with E-state index in [4.69, 9.17) is 5.73 Å². The minimum atomic E-state index is -4.74. The number of hydrogen-bond donors (Lipinski definition) is 2. The highest BCUT2D eigenvalue weighted by Crippen LogP contribution is 2.26. The summed E-state index contributed by atoms with van der Waals surface area (Å²) in [5.74, 6) is -0.353. The third kappa shape index (κ3) is 5.82. The lowest BCUT2D eigenvalue weighted by molar-refractivity contribution is -0.274. The molecule has 0 unspecified atom stereocenters. The van der Waals surface area contributed by atoms with Gasteiger partial charge in [0.2, 0.25) is 0 Å². The molecule has 0 bridgehead atoms. The van der Waals surface area contributed by atoms with Crippen molar-refractivity contribution in [1.82, 2.24) is 5.43 Å². The Kier molecular flexibility index (Phi) is 4.91. The molecule has 4 nitrogen and oxygen atoms in total. The summed E-state index contributed by atoms with van der Waals surface area (Å²) in [7, 11) is 0. The fraction of sp³-hybridized carbons (Fsp3) is 0.111. The molecule has 0 saturated heterocycles. The molecule has 1 rings (SSSR count). The zero-order chi connectivity index (χ0) is 13.8. The van der Waals surface area contributed by atoms with E-state index in [-0.39, 0.29) is 10.9 Å². The maximum Gasteiger partial charge on any atom is 0.573 e. The zero-order valence-electron chi connectivity index (χ0n) is 8.66. The van der Waals surface area contributed by atoms with Crippen LogP contribution in [0.5, 0.6) is 5.75 Å². The Labute approximate surface area is 114 Å². The number of rotatable bonds is 3. The Morgan fingerprint density at radius 3 is 2.67 bits per heavy atom. The van der Waals surface area contributed by atoms with Crippen LogP contribution >= 0.6 is 28.1 Å². The van der Waals surface area contributed by atoms with Crippen molar-refractivity contribution >= 4 is 39.5 Å². The van der Waals surface area contributed by atoms with Crippen LogP contribution in [0, 0.1) is 0 Å². The molecular formula is C9H7BrF3N3OS. The lowest BCUT2D eigenvalue weighted by atomic mass is 10.2. The van der Waals surface area contributed by atoms with Crippen LogP contribution in [0.25, 0.3) is 0 Å². The molecule has 18 heavy (non-hydrogen) atoms. The number of alkyl halides is 3. The molecule has 1 aromatic rings. The smallest absolute Gasteiger partial charge is 0.406 e. The highest BCUT2D eigenvalue weighted by Gasteiger charge is 2.31. The largest absolute Gasteiger partial charge is 0.573 e. The minimum Gasteiger partial charge on any atom is -0.406 e. The fourth-order valence-corrected chi connectivity index (χ4v) is 1.56. The lowest BCUT2D eigenvalue weighted by Crippen LogP contribution is -2.24. The third-order valence-electron chi connectivity index (χ3n) is 1.52. The first kappa shape index (κ1) is 14.7. The molecule has 0 saturated carbocycles. The summed E-state index contributed by atoms with van der Waals surface area (Å²) in [6, 6.07) is 3.91. The summed E-state index contributed by atoms with van der Waals surface area (Å²) < 4.78 is 40.3. The van der Waals surface area contributed by atoms with Crippen LogP contribution in [0.2, 0.25) is 0 Å². The van der Waals surface area contributed by atoms with Crippen LogP contribution < -0.4 is 15.9 Å². The van der Waals surface area contributed by atoms with Gasteiger partial charge >= 0.3 is 6.36 Å². The Balaban J connectivity index is 2.87. The quantitative estimate of drug-likeness (QED) is 0.504. The Bertz CT molecular complexity index is 479. The van der Waals surface area contributed by atoms with Gasteiger partial charge in [0.25, 0.3) is 0 Å². The molecule has 0 spiro atoms. The highest BCUT2D eigenvalue weighted by atomic mass is 79.9. The van der Waals surface area contributed by atoms with Gasteiger partial charge in [-0.2, -0.15) is 5.10 Å². The first-order valence-corrected chi connectivity index (χ1v) is 5.61. The van der Waals surface area contributed by atoms with Gasteiger partial charge in [0.1, 0.15) is 5.75 Å². The molecule has 0 aliphatic carbocycles. The second-order valence-corrected chi connectivity index (χ2v) is 4.36. The Hall–Kier alpha value is -1.35. The maximum absolute atomic E-state index is 12.0. The van der Waals surface area contributed by atoms with E-state index in [2.05, 4.69) is 43.4 Å². The van der Waals surface area contributed by atoms with E-state index in [1.165, 1.54) is 18.3 Å². The second kappa shape index (κ2) is 6.01. The molecule has 0 radical (unpaired) electrons. The van der Waals surface area contributed by atoms with Crippen LogP contribution in [-0.2, 0) is 0 Å². The summed E-state index contributed by atoms with van der Waals surface area (Å²) >= 11 is 7.57. The average molecular weight is 342 g/mol. The molecule has 0 aliphatic heterocycles. The lowest BCUT2D eigenvalue weighted by Gasteiger charge is -2.09. The average Bonchev–Trinajstić information content (AvgIpc) is 2.12. The fourth-order valence-electron chi connectivity index (χ4n) is 1.02. The Morgan fingerprint density at radius 1 is 1.44 bits per heavy atom. The van der Waals surface area contributed by atoms with Crippen LogP contribution in [0.3, 0.4) is 0 Å². The highest BCUT2D eigenvalue weighted by molar-refractivity contribution is 9.10. The van der Waals surface area contributed by atoms with E-state index in [1.54, 1.807) is 6.07 Å². The molecule has 0 aromatic heterocycles. The van der Waals surface area contributed by atoms with Gasteiger partial charge in [-0.3, -0.25) is 5.43 Å². The van der Waals surface area contributed by atoms with E-state index in [0.717, 1.165) is 0 Å². The van der Waals surface area contributed by atoms with Gasteiger partial charge in [-0.05, 0) is 36.0 Å². The first-order valence-electron chi connectivity index (χ1n) is 4.41. The molecular weight excluding hydrogens is 335 g/mol. The number of nitrogens with one attached hydrogen (secondary N) is 1. The van der Waals surface area contributed by atoms with E-state index >= 15 is 0 Å². The molecule has 98 valence electrons. The van der Waals surface area contributed by atoms with E-state index in [0.29, 0.717) is 10.0 Å². The summed E-state index contributed by atoms with van der Waals surface area (Å²) in [4.78, 5) is 0. The van der Waals surface area contributed by atoms with Crippen molar-refractivity contribution in [2.45, 2.75) is 6.36 Å². The topological polar surface area (TPSA) is 59.6 Å². The van der Waals surface area contributed by atoms with Crippen LogP contribution in [0.15, 0.2) is 27.8 Å². The van der Waals surface area contributed by atoms with E-state index in [1.807, 2.05) is 0 Å². The van der Waals surface area contributed by atoms with Gasteiger partial charge in [0, 0.05) is 4.47 Å². The van der Waals surface area contributed by atoms with Crippen molar-refractivity contribution < 1.29 is 17.9 Å². The molecule has 0 heterocycles. The van der Waals surface area contributed by atoms with Crippen molar-refractivity contribution in [3.8, 4) is 5.75 Å². The molecule has 0 atom stereocenters. The molecule has 0 fully saturated rings. The van der Waals surface area contributed by atoms with Crippen LogP contribution in [-0.4, -0.2) is 17.7 Å². The number of hydrazone groups is 1. The van der Waals surface area contributed by atoms with Crippen molar-refractivity contribution in [1.29, 1.82) is 0 Å². The van der Waals surface area contributed by atoms with Gasteiger partial charge in [-0.15, -0.1) is 13.2 Å². The first-order chi connectivity index (χ1) is 8.26. The Morgan fingerprint density at radius 2 is 2.11 bits per heavy atom. The monoisotopic (exact) mass is 341 g/mol. The van der Waals surface area contributed by atoms with E-state index in [9.17, 15) is 13.2 Å². The number of nitrogens with zero attached hydrogens (tertiary/aromatic N) is 1. The predicted molar refractivity (Wildman–Crippen MR) is 68.3 cm³/mol. The second-order valence-electron chi connectivity index (χ2n) is 3.00. The maximum atomic E-state index is 12.0. The van der Waals surface area contributed by atoms with Crippen LogP contribution in [0.4, 0.5) is 13.2 Å².